The molecule has 0 spiro atoms. The maximum Gasteiger partial charge on any atom is 0.326 e. The zero-order valence-electron chi connectivity index (χ0n) is 25.5. The zero-order valence-corrected chi connectivity index (χ0v) is 26.3. The Balaban J connectivity index is 1.97. The summed E-state index contributed by atoms with van der Waals surface area (Å²) >= 11 is 1.45. The highest BCUT2D eigenvalue weighted by Gasteiger charge is 2.27. The molecule has 0 saturated heterocycles. The third kappa shape index (κ3) is 12.6. The predicted octanol–water partition coefficient (Wildman–Crippen LogP) is 0.842. The van der Waals surface area contributed by atoms with Crippen LogP contribution in [0.25, 0.3) is 0 Å². The van der Waals surface area contributed by atoms with Crippen LogP contribution in [0.5, 0.6) is 5.75 Å². The molecule has 13 heteroatoms. The van der Waals surface area contributed by atoms with Gasteiger partial charge in [-0.15, -0.1) is 0 Å². The summed E-state index contributed by atoms with van der Waals surface area (Å²) in [7, 11) is 0. The van der Waals surface area contributed by atoms with Crippen molar-refractivity contribution >= 4 is 41.4 Å². The largest absolute Gasteiger partial charge is 0.508 e. The number of aliphatic carboxylic acids is 1. The molecule has 0 aromatic heterocycles. The van der Waals surface area contributed by atoms with Gasteiger partial charge in [-0.05, 0) is 59.1 Å². The lowest BCUT2D eigenvalue weighted by Crippen LogP contribution is -2.54. The van der Waals surface area contributed by atoms with E-state index in [0.717, 1.165) is 16.7 Å². The molecule has 8 N–H and O–H groups in total. The van der Waals surface area contributed by atoms with Crippen LogP contribution in [0, 0.1) is 0 Å². The number of phenolic OH excluding ortho intramolecular Hbond substituents is 1. The van der Waals surface area contributed by atoms with E-state index in [-0.39, 0.29) is 30.4 Å². The van der Waals surface area contributed by atoms with E-state index in [2.05, 4.69) is 42.0 Å². The Kier molecular flexibility index (Phi) is 14.2. The molecule has 0 fully saturated rings. The van der Waals surface area contributed by atoms with Crippen LogP contribution in [0.1, 0.15) is 43.9 Å². The topological polar surface area (TPSA) is 200 Å². The number of rotatable bonds is 16. The summed E-state index contributed by atoms with van der Waals surface area (Å²) in [6, 6.07) is 10.6. The van der Waals surface area contributed by atoms with Crippen molar-refractivity contribution < 1.29 is 34.2 Å². The van der Waals surface area contributed by atoms with Crippen molar-refractivity contribution in [3.8, 4) is 5.75 Å². The smallest absolute Gasteiger partial charge is 0.326 e. The standard InChI is InChI=1S/C31H43N5O7S/c1-31(2,3)21-9-5-20(6-10-21)16-25(29(41)36-24(30(42)43)13-14-44-4)35-27(39)18-33-26(38)17-34-28(40)23(32)15-19-7-11-22(37)12-8-19/h5-12,23-25,37H,13-18,32H2,1-4H3,(H,33,38)(H,34,40)(H,35,39)(H,36,41)(H,42,43)/t23-,24-,25-/m0/s1. The van der Waals surface area contributed by atoms with Crippen molar-refractivity contribution in [2.45, 2.75) is 63.6 Å². The lowest BCUT2D eigenvalue weighted by molar-refractivity contribution is -0.142. The fourth-order valence-electron chi connectivity index (χ4n) is 4.12. The fourth-order valence-corrected chi connectivity index (χ4v) is 4.59. The van der Waals surface area contributed by atoms with Crippen molar-refractivity contribution in [3.63, 3.8) is 0 Å². The Bertz CT molecular complexity index is 1280. The van der Waals surface area contributed by atoms with Gasteiger partial charge in [0.25, 0.3) is 0 Å². The molecule has 3 atom stereocenters. The van der Waals surface area contributed by atoms with Crippen LogP contribution in [0.3, 0.4) is 0 Å². The molecule has 2 aromatic rings. The third-order valence-corrected chi connectivity index (χ3v) is 7.38. The first-order valence-electron chi connectivity index (χ1n) is 14.2. The molecule has 0 aliphatic heterocycles. The van der Waals surface area contributed by atoms with E-state index in [1.165, 1.54) is 23.9 Å². The number of carboxylic acid groups (broad SMARTS) is 1. The van der Waals surface area contributed by atoms with Crippen molar-refractivity contribution in [1.82, 2.24) is 21.3 Å². The van der Waals surface area contributed by atoms with Gasteiger partial charge in [-0.25, -0.2) is 4.79 Å². The summed E-state index contributed by atoms with van der Waals surface area (Å²) in [6.45, 7) is 5.33. The van der Waals surface area contributed by atoms with Crippen LogP contribution in [-0.4, -0.2) is 83.0 Å². The molecular formula is C31H43N5O7S. The van der Waals surface area contributed by atoms with Crippen LogP contribution in [-0.2, 0) is 42.2 Å². The van der Waals surface area contributed by atoms with Gasteiger partial charge in [0.2, 0.25) is 23.6 Å². The van der Waals surface area contributed by atoms with E-state index in [1.54, 1.807) is 12.1 Å². The molecule has 0 saturated carbocycles. The van der Waals surface area contributed by atoms with Gasteiger partial charge < -0.3 is 37.2 Å². The van der Waals surface area contributed by atoms with Crippen LogP contribution in [0.4, 0.5) is 0 Å². The molecule has 240 valence electrons. The molecule has 44 heavy (non-hydrogen) atoms. The Morgan fingerprint density at radius 3 is 1.93 bits per heavy atom. The SMILES string of the molecule is CSCC[C@H](NC(=O)[C@H](Cc1ccc(C(C)(C)C)cc1)NC(=O)CNC(=O)CNC(=O)[C@@H](N)Cc1ccc(O)cc1)C(=O)O. The van der Waals surface area contributed by atoms with Gasteiger partial charge in [0.15, 0.2) is 0 Å². The maximum absolute atomic E-state index is 13.2. The van der Waals surface area contributed by atoms with Crippen molar-refractivity contribution in [1.29, 1.82) is 0 Å². The van der Waals surface area contributed by atoms with Gasteiger partial charge in [0, 0.05) is 6.42 Å². The first-order chi connectivity index (χ1) is 20.7. The van der Waals surface area contributed by atoms with Gasteiger partial charge in [-0.3, -0.25) is 19.2 Å². The van der Waals surface area contributed by atoms with Crippen LogP contribution >= 0.6 is 11.8 Å². The Labute approximate surface area is 261 Å². The highest BCUT2D eigenvalue weighted by atomic mass is 32.2. The summed E-state index contributed by atoms with van der Waals surface area (Å²) in [4.78, 5) is 62.2. The molecule has 0 aliphatic carbocycles. The van der Waals surface area contributed by atoms with Gasteiger partial charge in [-0.1, -0.05) is 57.2 Å². The second-order valence-corrected chi connectivity index (χ2v) is 12.4. The molecule has 0 radical (unpaired) electrons. The number of carboxylic acids is 1. The first kappa shape index (κ1) is 36.1. The van der Waals surface area contributed by atoms with Crippen LogP contribution < -0.4 is 27.0 Å². The highest BCUT2D eigenvalue weighted by molar-refractivity contribution is 7.98. The van der Waals surface area contributed by atoms with E-state index in [4.69, 9.17) is 5.73 Å². The molecule has 0 unspecified atom stereocenters. The first-order valence-corrected chi connectivity index (χ1v) is 15.6. The number of amides is 4. The average molecular weight is 630 g/mol. The van der Waals surface area contributed by atoms with Crippen molar-refractivity contribution in [3.05, 3.63) is 65.2 Å². The number of aromatic hydroxyl groups is 1. The van der Waals surface area contributed by atoms with Crippen molar-refractivity contribution in [2.24, 2.45) is 5.73 Å². The van der Waals surface area contributed by atoms with Gasteiger partial charge in [-0.2, -0.15) is 11.8 Å². The lowest BCUT2D eigenvalue weighted by atomic mass is 9.86. The Hall–Kier alpha value is -4.10. The molecule has 4 amide bonds. The highest BCUT2D eigenvalue weighted by Crippen LogP contribution is 2.22. The summed E-state index contributed by atoms with van der Waals surface area (Å²) < 4.78 is 0. The number of thioether (sulfide) groups is 1. The van der Waals surface area contributed by atoms with E-state index in [1.807, 2.05) is 30.5 Å². The zero-order chi connectivity index (χ0) is 32.9. The molecule has 2 aromatic carbocycles. The molecule has 2 rings (SSSR count). The predicted molar refractivity (Wildman–Crippen MR) is 169 cm³/mol. The summed E-state index contributed by atoms with van der Waals surface area (Å²) in [5.74, 6) is -3.11. The molecular weight excluding hydrogens is 586 g/mol. The molecule has 0 bridgehead atoms. The Morgan fingerprint density at radius 2 is 1.36 bits per heavy atom. The number of hydrogen-bond acceptors (Lipinski definition) is 8. The van der Waals surface area contributed by atoms with E-state index >= 15 is 0 Å². The normalized spacial score (nSPS) is 13.2. The quantitative estimate of drug-likeness (QED) is 0.141. The summed E-state index contributed by atoms with van der Waals surface area (Å²) in [6.07, 6.45) is 2.33. The van der Waals surface area contributed by atoms with Crippen molar-refractivity contribution in [2.75, 3.05) is 25.1 Å². The van der Waals surface area contributed by atoms with E-state index in [0.29, 0.717) is 5.75 Å². The molecule has 12 nitrogen and oxygen atoms in total. The second kappa shape index (κ2) is 17.3. The summed E-state index contributed by atoms with van der Waals surface area (Å²) in [5, 5.41) is 28.8. The minimum Gasteiger partial charge on any atom is -0.508 e. The minimum atomic E-state index is -1.18. The van der Waals surface area contributed by atoms with E-state index < -0.39 is 60.8 Å². The number of nitrogens with two attached hydrogens (primary N) is 1. The third-order valence-electron chi connectivity index (χ3n) is 6.73. The van der Waals surface area contributed by atoms with Crippen LogP contribution in [0.15, 0.2) is 48.5 Å². The number of carbonyl (C=O) groups excluding carboxylic acids is 4. The number of phenols is 1. The number of hydrogen-bond donors (Lipinski definition) is 7. The van der Waals surface area contributed by atoms with Crippen LogP contribution in [0.2, 0.25) is 0 Å². The van der Waals surface area contributed by atoms with E-state index in [9.17, 15) is 34.2 Å². The number of carbonyl (C=O) groups is 5. The van der Waals surface area contributed by atoms with Gasteiger partial charge in [0.1, 0.15) is 17.8 Å². The fraction of sp³-hybridized carbons (Fsp3) is 0.452. The lowest BCUT2D eigenvalue weighted by Gasteiger charge is -2.23. The molecule has 0 aliphatic rings. The monoisotopic (exact) mass is 629 g/mol. The number of nitrogens with one attached hydrogen (secondary N) is 4. The summed E-state index contributed by atoms with van der Waals surface area (Å²) in [5.41, 5.74) is 8.40. The number of benzene rings is 2. The van der Waals surface area contributed by atoms with Gasteiger partial charge >= 0.3 is 5.97 Å². The molecule has 0 heterocycles. The van der Waals surface area contributed by atoms with Gasteiger partial charge in [0.05, 0.1) is 19.1 Å². The minimum absolute atomic E-state index is 0.0783. The second-order valence-electron chi connectivity index (χ2n) is 11.4. The maximum atomic E-state index is 13.2. The average Bonchev–Trinajstić information content (AvgIpc) is 2.97. The Morgan fingerprint density at radius 1 is 0.795 bits per heavy atom.